The molecule has 2 aliphatic rings. The van der Waals surface area contributed by atoms with Crippen molar-refractivity contribution in [2.75, 3.05) is 13.1 Å². The van der Waals surface area contributed by atoms with Crippen LogP contribution in [0.25, 0.3) is 0 Å². The molecule has 2 heteroatoms. The molecule has 0 amide bonds. The highest BCUT2D eigenvalue weighted by Crippen LogP contribution is 2.30. The van der Waals surface area contributed by atoms with Gasteiger partial charge in [0, 0.05) is 31.2 Å². The van der Waals surface area contributed by atoms with Gasteiger partial charge in [0.25, 0.3) is 0 Å². The number of nitrogens with one attached hydrogen (secondary N) is 1. The summed E-state index contributed by atoms with van der Waals surface area (Å²) in [4.78, 5) is 2.71. The highest BCUT2D eigenvalue weighted by atomic mass is 15.2. The average Bonchev–Trinajstić information content (AvgIpc) is 2.67. The van der Waals surface area contributed by atoms with Crippen molar-refractivity contribution in [1.82, 2.24) is 10.2 Å². The van der Waals surface area contributed by atoms with Gasteiger partial charge in [-0.25, -0.2) is 0 Å². The van der Waals surface area contributed by atoms with Crippen LogP contribution in [0.4, 0.5) is 0 Å². The Balaban J connectivity index is 1.90. The lowest BCUT2D eigenvalue weighted by Gasteiger charge is -2.41. The van der Waals surface area contributed by atoms with Crippen LogP contribution in [0.15, 0.2) is 0 Å². The van der Waals surface area contributed by atoms with Crippen molar-refractivity contribution in [1.29, 1.82) is 0 Å². The first-order valence-electron chi connectivity index (χ1n) is 6.67. The topological polar surface area (TPSA) is 15.3 Å². The smallest absolute Gasteiger partial charge is 0.0169 e. The van der Waals surface area contributed by atoms with E-state index in [2.05, 4.69) is 31.0 Å². The van der Waals surface area contributed by atoms with E-state index < -0.39 is 0 Å². The van der Waals surface area contributed by atoms with Gasteiger partial charge in [-0.15, -0.1) is 0 Å². The second kappa shape index (κ2) is 4.84. The van der Waals surface area contributed by atoms with Crippen molar-refractivity contribution in [3.05, 3.63) is 0 Å². The zero-order valence-electron chi connectivity index (χ0n) is 10.5. The SMILES string of the molecule is CC1CN(C(C)C2CCCC2)CC(C)N1. The van der Waals surface area contributed by atoms with E-state index in [-0.39, 0.29) is 0 Å². The molecule has 15 heavy (non-hydrogen) atoms. The lowest BCUT2D eigenvalue weighted by Crippen LogP contribution is -2.57. The summed E-state index contributed by atoms with van der Waals surface area (Å²) < 4.78 is 0. The number of hydrogen-bond donors (Lipinski definition) is 1. The Hall–Kier alpha value is -0.0800. The molecular formula is C13H26N2. The van der Waals surface area contributed by atoms with E-state index in [1.165, 1.54) is 38.8 Å². The summed E-state index contributed by atoms with van der Waals surface area (Å²) in [5.41, 5.74) is 0. The van der Waals surface area contributed by atoms with Crippen LogP contribution in [0.2, 0.25) is 0 Å². The fraction of sp³-hybridized carbons (Fsp3) is 1.00. The van der Waals surface area contributed by atoms with Gasteiger partial charge < -0.3 is 5.32 Å². The van der Waals surface area contributed by atoms with Crippen LogP contribution in [-0.4, -0.2) is 36.1 Å². The van der Waals surface area contributed by atoms with Gasteiger partial charge in [-0.3, -0.25) is 4.90 Å². The standard InChI is InChI=1S/C13H26N2/c1-10-8-15(9-11(2)14-10)12(3)13-6-4-5-7-13/h10-14H,4-9H2,1-3H3. The lowest BCUT2D eigenvalue weighted by molar-refractivity contribution is 0.0979. The Morgan fingerprint density at radius 1 is 1.07 bits per heavy atom. The van der Waals surface area contributed by atoms with Gasteiger partial charge in [0.05, 0.1) is 0 Å². The molecule has 2 nitrogen and oxygen atoms in total. The van der Waals surface area contributed by atoms with E-state index in [1.54, 1.807) is 0 Å². The molecule has 0 aromatic carbocycles. The quantitative estimate of drug-likeness (QED) is 0.752. The molecule has 2 fully saturated rings. The minimum absolute atomic E-state index is 0.664. The maximum atomic E-state index is 3.61. The zero-order chi connectivity index (χ0) is 10.8. The molecule has 88 valence electrons. The zero-order valence-corrected chi connectivity index (χ0v) is 10.5. The van der Waals surface area contributed by atoms with Gasteiger partial charge in [-0.1, -0.05) is 12.8 Å². The molecule has 2 rings (SSSR count). The number of hydrogen-bond acceptors (Lipinski definition) is 2. The van der Waals surface area contributed by atoms with Gasteiger partial charge in [0.1, 0.15) is 0 Å². The molecule has 0 radical (unpaired) electrons. The normalized spacial score (nSPS) is 37.0. The van der Waals surface area contributed by atoms with Crippen LogP contribution in [0.3, 0.4) is 0 Å². The molecule has 0 bridgehead atoms. The summed E-state index contributed by atoms with van der Waals surface area (Å²) >= 11 is 0. The second-order valence-corrected chi connectivity index (χ2v) is 5.71. The van der Waals surface area contributed by atoms with E-state index in [0.717, 1.165) is 12.0 Å². The minimum atomic E-state index is 0.664. The third-order valence-electron chi connectivity index (χ3n) is 4.24. The van der Waals surface area contributed by atoms with E-state index in [9.17, 15) is 0 Å². The monoisotopic (exact) mass is 210 g/mol. The first-order valence-corrected chi connectivity index (χ1v) is 6.67. The summed E-state index contributed by atoms with van der Waals surface area (Å²) in [7, 11) is 0. The molecule has 1 aliphatic heterocycles. The summed E-state index contributed by atoms with van der Waals surface area (Å²) in [6, 6.07) is 2.13. The van der Waals surface area contributed by atoms with Gasteiger partial charge in [0.15, 0.2) is 0 Å². The van der Waals surface area contributed by atoms with Crippen LogP contribution in [0, 0.1) is 5.92 Å². The van der Waals surface area contributed by atoms with Crippen molar-refractivity contribution in [3.63, 3.8) is 0 Å². The number of nitrogens with zero attached hydrogens (tertiary/aromatic N) is 1. The maximum Gasteiger partial charge on any atom is 0.0169 e. The van der Waals surface area contributed by atoms with Crippen LogP contribution >= 0.6 is 0 Å². The Bertz CT molecular complexity index is 189. The Morgan fingerprint density at radius 2 is 1.60 bits per heavy atom. The molecule has 0 spiro atoms. The predicted octanol–water partition coefficient (Wildman–Crippen LogP) is 2.25. The fourth-order valence-corrected chi connectivity index (χ4v) is 3.44. The van der Waals surface area contributed by atoms with E-state index in [0.29, 0.717) is 12.1 Å². The Labute approximate surface area is 94.4 Å². The first-order chi connectivity index (χ1) is 7.16. The maximum absolute atomic E-state index is 3.61. The molecule has 3 unspecified atom stereocenters. The average molecular weight is 210 g/mol. The number of piperazine rings is 1. The van der Waals surface area contributed by atoms with Gasteiger partial charge in [-0.2, -0.15) is 0 Å². The van der Waals surface area contributed by atoms with Gasteiger partial charge in [-0.05, 0) is 39.5 Å². The van der Waals surface area contributed by atoms with Crippen molar-refractivity contribution in [2.24, 2.45) is 5.92 Å². The van der Waals surface area contributed by atoms with Gasteiger partial charge in [0.2, 0.25) is 0 Å². The molecule has 1 aliphatic carbocycles. The van der Waals surface area contributed by atoms with Crippen LogP contribution in [0.5, 0.6) is 0 Å². The molecular weight excluding hydrogens is 184 g/mol. The van der Waals surface area contributed by atoms with E-state index in [1.807, 2.05) is 0 Å². The van der Waals surface area contributed by atoms with Crippen LogP contribution in [-0.2, 0) is 0 Å². The summed E-state index contributed by atoms with van der Waals surface area (Å²) in [6.07, 6.45) is 5.86. The van der Waals surface area contributed by atoms with E-state index in [4.69, 9.17) is 0 Å². The fourth-order valence-electron chi connectivity index (χ4n) is 3.44. The molecule has 3 atom stereocenters. The second-order valence-electron chi connectivity index (χ2n) is 5.71. The summed E-state index contributed by atoms with van der Waals surface area (Å²) in [5.74, 6) is 0.975. The largest absolute Gasteiger partial charge is 0.309 e. The molecule has 1 N–H and O–H groups in total. The highest BCUT2D eigenvalue weighted by molar-refractivity contribution is 4.87. The molecule has 1 saturated heterocycles. The summed E-state index contributed by atoms with van der Waals surface area (Å²) in [6.45, 7) is 9.54. The molecule has 0 aromatic heterocycles. The predicted molar refractivity (Wildman–Crippen MR) is 65.1 cm³/mol. The third-order valence-corrected chi connectivity index (χ3v) is 4.24. The summed E-state index contributed by atoms with van der Waals surface area (Å²) in [5, 5.41) is 3.61. The Morgan fingerprint density at radius 3 is 2.13 bits per heavy atom. The highest BCUT2D eigenvalue weighted by Gasteiger charge is 2.30. The van der Waals surface area contributed by atoms with Crippen LogP contribution < -0.4 is 5.32 Å². The van der Waals surface area contributed by atoms with Crippen molar-refractivity contribution in [3.8, 4) is 0 Å². The number of rotatable bonds is 2. The third kappa shape index (κ3) is 2.73. The Kier molecular flexibility index (Phi) is 3.68. The first kappa shape index (κ1) is 11.4. The van der Waals surface area contributed by atoms with Gasteiger partial charge >= 0.3 is 0 Å². The van der Waals surface area contributed by atoms with Crippen molar-refractivity contribution < 1.29 is 0 Å². The molecule has 0 aromatic rings. The van der Waals surface area contributed by atoms with Crippen LogP contribution in [0.1, 0.15) is 46.5 Å². The molecule has 1 saturated carbocycles. The van der Waals surface area contributed by atoms with E-state index >= 15 is 0 Å². The molecule has 1 heterocycles. The lowest BCUT2D eigenvalue weighted by atomic mass is 9.96. The minimum Gasteiger partial charge on any atom is -0.309 e. The van der Waals surface area contributed by atoms with Crippen molar-refractivity contribution >= 4 is 0 Å². The van der Waals surface area contributed by atoms with Crippen molar-refractivity contribution in [2.45, 2.75) is 64.6 Å².